The topological polar surface area (TPSA) is 66.5 Å². The van der Waals surface area contributed by atoms with Crippen molar-refractivity contribution in [3.05, 3.63) is 58.1 Å². The van der Waals surface area contributed by atoms with Gasteiger partial charge >= 0.3 is 0 Å². The second-order valence-corrected chi connectivity index (χ2v) is 8.37. The van der Waals surface area contributed by atoms with Gasteiger partial charge in [-0.05, 0) is 55.8 Å². The number of hydrogen-bond donors (Lipinski definition) is 1. The number of benzene rings is 2. The van der Waals surface area contributed by atoms with Gasteiger partial charge in [0, 0.05) is 15.7 Å². The average Bonchev–Trinajstić information content (AvgIpc) is 2.51. The first kappa shape index (κ1) is 19.6. The van der Waals surface area contributed by atoms with E-state index in [0.29, 0.717) is 21.4 Å². The van der Waals surface area contributed by atoms with Crippen molar-refractivity contribution in [3.8, 4) is 0 Å². The van der Waals surface area contributed by atoms with Crippen LogP contribution >= 0.6 is 23.2 Å². The van der Waals surface area contributed by atoms with Crippen LogP contribution < -0.4 is 9.62 Å². The van der Waals surface area contributed by atoms with Crippen LogP contribution in [0.1, 0.15) is 12.5 Å². The second kappa shape index (κ2) is 7.64. The summed E-state index contributed by atoms with van der Waals surface area (Å²) in [6.45, 7) is 3.33. The molecule has 0 radical (unpaired) electrons. The zero-order valence-corrected chi connectivity index (χ0v) is 16.3. The molecule has 0 spiro atoms. The van der Waals surface area contributed by atoms with Gasteiger partial charge in [0.1, 0.15) is 6.04 Å². The molecule has 1 amide bonds. The van der Waals surface area contributed by atoms with Crippen LogP contribution in [0.2, 0.25) is 10.0 Å². The normalized spacial score (nSPS) is 12.5. The van der Waals surface area contributed by atoms with E-state index < -0.39 is 22.0 Å². The Morgan fingerprint density at radius 2 is 1.72 bits per heavy atom. The van der Waals surface area contributed by atoms with Crippen molar-refractivity contribution in [2.24, 2.45) is 0 Å². The van der Waals surface area contributed by atoms with Crippen LogP contribution in [0.4, 0.5) is 11.4 Å². The molecule has 2 rings (SSSR count). The lowest BCUT2D eigenvalue weighted by atomic mass is 10.2. The van der Waals surface area contributed by atoms with E-state index in [2.05, 4.69) is 5.32 Å². The Morgan fingerprint density at radius 3 is 2.24 bits per heavy atom. The molecule has 134 valence electrons. The van der Waals surface area contributed by atoms with E-state index in [4.69, 9.17) is 23.2 Å². The fourth-order valence-corrected chi connectivity index (χ4v) is 3.78. The predicted molar refractivity (Wildman–Crippen MR) is 103 cm³/mol. The average molecular weight is 401 g/mol. The van der Waals surface area contributed by atoms with Crippen molar-refractivity contribution >= 4 is 50.5 Å². The van der Waals surface area contributed by atoms with Crippen molar-refractivity contribution in [3.63, 3.8) is 0 Å². The van der Waals surface area contributed by atoms with E-state index in [1.54, 1.807) is 36.4 Å². The molecule has 1 atom stereocenters. The zero-order chi connectivity index (χ0) is 18.8. The molecule has 8 heteroatoms. The Bertz CT molecular complexity index is 883. The monoisotopic (exact) mass is 400 g/mol. The standard InChI is InChI=1S/C17H18Cl2N2O3S/c1-11-4-9-15(10-16(11)19)21(25(3,23)24)12(2)17(22)20-14-7-5-13(18)6-8-14/h4-10,12H,1-3H3,(H,20,22)/t12-/m1/s1. The summed E-state index contributed by atoms with van der Waals surface area (Å²) in [4.78, 5) is 12.5. The lowest BCUT2D eigenvalue weighted by Gasteiger charge is -2.28. The SMILES string of the molecule is Cc1ccc(N([C@H](C)C(=O)Nc2ccc(Cl)cc2)S(C)(=O)=O)cc1Cl. The van der Waals surface area contributed by atoms with Gasteiger partial charge in [0.25, 0.3) is 0 Å². The van der Waals surface area contributed by atoms with Crippen LogP contribution in [0.3, 0.4) is 0 Å². The van der Waals surface area contributed by atoms with Gasteiger partial charge < -0.3 is 5.32 Å². The van der Waals surface area contributed by atoms with E-state index >= 15 is 0 Å². The molecule has 1 N–H and O–H groups in total. The molecule has 25 heavy (non-hydrogen) atoms. The number of nitrogens with zero attached hydrogens (tertiary/aromatic N) is 1. The maximum absolute atomic E-state index is 12.5. The van der Waals surface area contributed by atoms with Crippen molar-refractivity contribution in [1.82, 2.24) is 0 Å². The van der Waals surface area contributed by atoms with E-state index in [1.165, 1.54) is 13.0 Å². The van der Waals surface area contributed by atoms with Gasteiger partial charge in [-0.25, -0.2) is 8.42 Å². The number of anilines is 2. The number of rotatable bonds is 5. The summed E-state index contributed by atoms with van der Waals surface area (Å²) in [5, 5.41) is 3.65. The number of carbonyl (C=O) groups is 1. The molecule has 0 fully saturated rings. The number of aryl methyl sites for hydroxylation is 1. The Balaban J connectivity index is 2.32. The van der Waals surface area contributed by atoms with Crippen molar-refractivity contribution in [2.45, 2.75) is 19.9 Å². The van der Waals surface area contributed by atoms with Gasteiger partial charge in [0.2, 0.25) is 15.9 Å². The highest BCUT2D eigenvalue weighted by Gasteiger charge is 2.29. The summed E-state index contributed by atoms with van der Waals surface area (Å²) in [6.07, 6.45) is 1.05. The van der Waals surface area contributed by atoms with Gasteiger partial charge in [0.05, 0.1) is 11.9 Å². The number of nitrogens with one attached hydrogen (secondary N) is 1. The molecule has 5 nitrogen and oxygen atoms in total. The maximum Gasteiger partial charge on any atom is 0.247 e. The summed E-state index contributed by atoms with van der Waals surface area (Å²) >= 11 is 11.9. The van der Waals surface area contributed by atoms with E-state index in [1.807, 2.05) is 6.92 Å². The molecule has 0 aliphatic rings. The minimum absolute atomic E-state index is 0.330. The number of sulfonamides is 1. The number of halogens is 2. The van der Waals surface area contributed by atoms with Crippen LogP contribution in [0.15, 0.2) is 42.5 Å². The summed E-state index contributed by atoms with van der Waals surface area (Å²) < 4.78 is 25.6. The van der Waals surface area contributed by atoms with Crippen LogP contribution in [-0.2, 0) is 14.8 Å². The molecule has 0 aliphatic carbocycles. The maximum atomic E-state index is 12.5. The lowest BCUT2D eigenvalue weighted by molar-refractivity contribution is -0.116. The number of amides is 1. The third kappa shape index (κ3) is 4.87. The Hall–Kier alpha value is -1.76. The highest BCUT2D eigenvalue weighted by Crippen LogP contribution is 2.27. The van der Waals surface area contributed by atoms with E-state index in [-0.39, 0.29) is 0 Å². The quantitative estimate of drug-likeness (QED) is 0.821. The first-order valence-corrected chi connectivity index (χ1v) is 10.0. The van der Waals surface area contributed by atoms with Crippen molar-refractivity contribution in [2.75, 3.05) is 15.9 Å². The lowest BCUT2D eigenvalue weighted by Crippen LogP contribution is -2.45. The first-order chi connectivity index (χ1) is 11.6. The Morgan fingerprint density at radius 1 is 1.12 bits per heavy atom. The third-order valence-electron chi connectivity index (χ3n) is 3.61. The summed E-state index contributed by atoms with van der Waals surface area (Å²) in [5.41, 5.74) is 1.67. The van der Waals surface area contributed by atoms with E-state index in [0.717, 1.165) is 16.1 Å². The number of carbonyl (C=O) groups excluding carboxylic acids is 1. The highest BCUT2D eigenvalue weighted by atomic mass is 35.5. The van der Waals surface area contributed by atoms with Crippen LogP contribution in [0.25, 0.3) is 0 Å². The molecule has 0 saturated heterocycles. The molecule has 0 saturated carbocycles. The smallest absolute Gasteiger partial charge is 0.247 e. The zero-order valence-electron chi connectivity index (χ0n) is 14.0. The van der Waals surface area contributed by atoms with Crippen molar-refractivity contribution < 1.29 is 13.2 Å². The molecule has 0 unspecified atom stereocenters. The van der Waals surface area contributed by atoms with Crippen LogP contribution in [0, 0.1) is 6.92 Å². The van der Waals surface area contributed by atoms with Gasteiger partial charge in [-0.3, -0.25) is 9.10 Å². The summed E-state index contributed by atoms with van der Waals surface area (Å²) in [6, 6.07) is 10.4. The minimum atomic E-state index is -3.70. The van der Waals surface area contributed by atoms with Crippen LogP contribution in [-0.4, -0.2) is 26.6 Å². The van der Waals surface area contributed by atoms with Gasteiger partial charge in [0.15, 0.2) is 0 Å². The van der Waals surface area contributed by atoms with E-state index in [9.17, 15) is 13.2 Å². The van der Waals surface area contributed by atoms with Gasteiger partial charge in [-0.1, -0.05) is 29.3 Å². The minimum Gasteiger partial charge on any atom is -0.324 e. The molecule has 0 heterocycles. The highest BCUT2D eigenvalue weighted by molar-refractivity contribution is 7.92. The van der Waals surface area contributed by atoms with Gasteiger partial charge in [-0.2, -0.15) is 0 Å². The Kier molecular flexibility index (Phi) is 5.98. The summed E-state index contributed by atoms with van der Waals surface area (Å²) in [5.74, 6) is -0.468. The van der Waals surface area contributed by atoms with Crippen LogP contribution in [0.5, 0.6) is 0 Å². The first-order valence-electron chi connectivity index (χ1n) is 7.41. The fourth-order valence-electron chi connectivity index (χ4n) is 2.31. The molecule has 0 bridgehead atoms. The number of hydrogen-bond acceptors (Lipinski definition) is 3. The van der Waals surface area contributed by atoms with Crippen molar-refractivity contribution in [1.29, 1.82) is 0 Å². The molecule has 0 aromatic heterocycles. The third-order valence-corrected chi connectivity index (χ3v) is 5.51. The van der Waals surface area contributed by atoms with Gasteiger partial charge in [-0.15, -0.1) is 0 Å². The fraction of sp³-hybridized carbons (Fsp3) is 0.235. The predicted octanol–water partition coefficient (Wildman–Crippen LogP) is 4.10. The second-order valence-electron chi connectivity index (χ2n) is 5.66. The molecule has 2 aromatic carbocycles. The molecule has 2 aromatic rings. The molecular formula is C17H18Cl2N2O3S. The summed E-state index contributed by atoms with van der Waals surface area (Å²) in [7, 11) is -3.70. The molecular weight excluding hydrogens is 383 g/mol. The Labute approximate surface area is 157 Å². The largest absolute Gasteiger partial charge is 0.324 e. The molecule has 0 aliphatic heterocycles.